The van der Waals surface area contributed by atoms with E-state index < -0.39 is 5.54 Å². The van der Waals surface area contributed by atoms with Crippen molar-refractivity contribution in [2.75, 3.05) is 39.9 Å². The number of ether oxygens (including phenoxy) is 1. The fourth-order valence-corrected chi connectivity index (χ4v) is 5.41. The van der Waals surface area contributed by atoms with Crippen LogP contribution in [0.5, 0.6) is 0 Å². The largest absolute Gasteiger partial charge is 0.383 e. The number of urea groups is 1. The Hall–Kier alpha value is -3.36. The molecule has 3 heterocycles. The molecule has 8 heteroatoms. The molecular weight excluding hydrogens is 454 g/mol. The number of para-hydroxylation sites is 2. The van der Waals surface area contributed by atoms with Crippen LogP contribution in [0.2, 0.25) is 0 Å². The van der Waals surface area contributed by atoms with Crippen molar-refractivity contribution in [3.8, 4) is 0 Å². The van der Waals surface area contributed by atoms with Crippen molar-refractivity contribution in [3.05, 3.63) is 71.5 Å². The monoisotopic (exact) mass is 487 g/mol. The van der Waals surface area contributed by atoms with Crippen LogP contribution in [0.25, 0.3) is 11.0 Å². The van der Waals surface area contributed by atoms with E-state index in [9.17, 15) is 9.59 Å². The number of aryl methyl sites for hydroxylation is 1. The molecule has 1 spiro atoms. The van der Waals surface area contributed by atoms with E-state index in [-0.39, 0.29) is 11.9 Å². The molecule has 0 radical (unpaired) electrons. The average Bonchev–Trinajstić information content (AvgIpc) is 3.09. The van der Waals surface area contributed by atoms with Gasteiger partial charge in [-0.05, 0) is 43.9 Å². The molecule has 2 aliphatic heterocycles. The summed E-state index contributed by atoms with van der Waals surface area (Å²) >= 11 is 0. The number of piperidine rings is 1. The highest BCUT2D eigenvalue weighted by Crippen LogP contribution is 2.37. The van der Waals surface area contributed by atoms with Crippen molar-refractivity contribution in [3.63, 3.8) is 0 Å². The maximum atomic E-state index is 13.7. The molecule has 188 valence electrons. The number of aromatic nitrogens is 2. The van der Waals surface area contributed by atoms with Gasteiger partial charge in [0.15, 0.2) is 0 Å². The Labute approximate surface area is 211 Å². The summed E-state index contributed by atoms with van der Waals surface area (Å²) in [6.07, 6.45) is 1.85. The molecule has 2 aromatic carbocycles. The lowest BCUT2D eigenvalue weighted by molar-refractivity contribution is -0.135. The standard InChI is InChI=1S/C28H33N5O3/c1-21-25(30-24-11-7-6-10-23(24)29-21)20-31-16-13-28(14-17-31)26(34)32(27(35)33(28)18-19-36-2)15-12-22-8-4-3-5-9-22/h3-11H,12-20H2,1-2H3. The molecule has 0 aliphatic carbocycles. The van der Waals surface area contributed by atoms with Gasteiger partial charge in [0.25, 0.3) is 5.91 Å². The van der Waals surface area contributed by atoms with Crippen molar-refractivity contribution < 1.29 is 14.3 Å². The van der Waals surface area contributed by atoms with Crippen molar-refractivity contribution >= 4 is 23.0 Å². The molecule has 2 aliphatic rings. The molecule has 0 bridgehead atoms. The SMILES string of the molecule is COCCN1C(=O)N(CCc2ccccc2)C(=O)C12CCN(Cc1nc3ccccc3nc1C)CC2. The zero-order valence-electron chi connectivity index (χ0n) is 21.0. The van der Waals surface area contributed by atoms with Gasteiger partial charge in [-0.3, -0.25) is 14.6 Å². The summed E-state index contributed by atoms with van der Waals surface area (Å²) in [6.45, 7) is 5.31. The van der Waals surface area contributed by atoms with Gasteiger partial charge in [-0.15, -0.1) is 0 Å². The minimum absolute atomic E-state index is 0.0686. The molecule has 36 heavy (non-hydrogen) atoms. The summed E-state index contributed by atoms with van der Waals surface area (Å²) in [7, 11) is 1.62. The molecule has 2 fully saturated rings. The first-order valence-electron chi connectivity index (χ1n) is 12.6. The Kier molecular flexibility index (Phi) is 6.98. The maximum absolute atomic E-state index is 13.7. The second-order valence-electron chi connectivity index (χ2n) is 9.67. The molecule has 1 aromatic heterocycles. The number of rotatable bonds is 8. The van der Waals surface area contributed by atoms with Crippen molar-refractivity contribution in [2.45, 2.75) is 38.3 Å². The highest BCUT2D eigenvalue weighted by molar-refractivity contribution is 6.07. The van der Waals surface area contributed by atoms with Crippen LogP contribution in [-0.4, -0.2) is 82.0 Å². The quantitative estimate of drug-likeness (QED) is 0.453. The molecular formula is C28H33N5O3. The van der Waals surface area contributed by atoms with Gasteiger partial charge in [-0.2, -0.15) is 0 Å². The zero-order valence-corrected chi connectivity index (χ0v) is 21.0. The Bertz CT molecular complexity index is 1240. The number of likely N-dealkylation sites (tertiary alicyclic amines) is 1. The van der Waals surface area contributed by atoms with Gasteiger partial charge in [0.2, 0.25) is 0 Å². The van der Waals surface area contributed by atoms with E-state index in [4.69, 9.17) is 14.7 Å². The van der Waals surface area contributed by atoms with Crippen molar-refractivity contribution in [1.29, 1.82) is 0 Å². The first-order valence-corrected chi connectivity index (χ1v) is 12.6. The van der Waals surface area contributed by atoms with Gasteiger partial charge in [0.05, 0.1) is 29.0 Å². The summed E-state index contributed by atoms with van der Waals surface area (Å²) in [5, 5.41) is 0. The van der Waals surface area contributed by atoms with Crippen LogP contribution in [0, 0.1) is 6.92 Å². The lowest BCUT2D eigenvalue weighted by atomic mass is 9.85. The van der Waals surface area contributed by atoms with Gasteiger partial charge in [-0.25, -0.2) is 14.8 Å². The Morgan fingerprint density at radius 3 is 2.28 bits per heavy atom. The third kappa shape index (κ3) is 4.58. The molecule has 8 nitrogen and oxygen atoms in total. The predicted octanol–water partition coefficient (Wildman–Crippen LogP) is 3.43. The first-order chi connectivity index (χ1) is 17.5. The van der Waals surface area contributed by atoms with E-state index in [1.54, 1.807) is 12.0 Å². The van der Waals surface area contributed by atoms with Crippen LogP contribution < -0.4 is 0 Å². The van der Waals surface area contributed by atoms with E-state index in [0.717, 1.165) is 28.0 Å². The number of nitrogens with zero attached hydrogens (tertiary/aromatic N) is 5. The van der Waals surface area contributed by atoms with E-state index >= 15 is 0 Å². The number of amides is 3. The van der Waals surface area contributed by atoms with E-state index in [1.807, 2.05) is 61.5 Å². The van der Waals surface area contributed by atoms with E-state index in [0.29, 0.717) is 58.6 Å². The second-order valence-corrected chi connectivity index (χ2v) is 9.67. The topological polar surface area (TPSA) is 78.9 Å². The average molecular weight is 488 g/mol. The summed E-state index contributed by atoms with van der Waals surface area (Å²) in [5.74, 6) is -0.0686. The summed E-state index contributed by atoms with van der Waals surface area (Å²) in [5.41, 5.74) is 3.99. The van der Waals surface area contributed by atoms with Crippen molar-refractivity contribution in [1.82, 2.24) is 24.7 Å². The van der Waals surface area contributed by atoms with E-state index in [1.165, 1.54) is 4.90 Å². The lowest BCUT2D eigenvalue weighted by Gasteiger charge is -2.42. The number of carbonyl (C=O) groups excluding carboxylic acids is 2. The molecule has 3 aromatic rings. The minimum atomic E-state index is -0.799. The van der Waals surface area contributed by atoms with Crippen LogP contribution >= 0.6 is 0 Å². The van der Waals surface area contributed by atoms with Gasteiger partial charge >= 0.3 is 6.03 Å². The summed E-state index contributed by atoms with van der Waals surface area (Å²) < 4.78 is 5.28. The maximum Gasteiger partial charge on any atom is 0.327 e. The number of fused-ring (bicyclic) bond motifs is 1. The fourth-order valence-electron chi connectivity index (χ4n) is 5.41. The van der Waals surface area contributed by atoms with Crippen LogP contribution in [-0.2, 0) is 22.5 Å². The first kappa shape index (κ1) is 24.3. The normalized spacial score (nSPS) is 18.1. The molecule has 0 atom stereocenters. The van der Waals surface area contributed by atoms with Crippen molar-refractivity contribution in [2.24, 2.45) is 0 Å². The molecule has 5 rings (SSSR count). The highest BCUT2D eigenvalue weighted by Gasteiger charge is 2.57. The predicted molar refractivity (Wildman–Crippen MR) is 137 cm³/mol. The third-order valence-electron chi connectivity index (χ3n) is 7.51. The second kappa shape index (κ2) is 10.3. The van der Waals surface area contributed by atoms with Gasteiger partial charge in [0, 0.05) is 39.8 Å². The number of imide groups is 1. The fraction of sp³-hybridized carbons (Fsp3) is 0.429. The third-order valence-corrected chi connectivity index (χ3v) is 7.51. The highest BCUT2D eigenvalue weighted by atomic mass is 16.5. The van der Waals surface area contributed by atoms with Gasteiger partial charge in [0.1, 0.15) is 5.54 Å². The Morgan fingerprint density at radius 2 is 1.58 bits per heavy atom. The summed E-state index contributed by atoms with van der Waals surface area (Å²) in [6, 6.07) is 17.7. The van der Waals surface area contributed by atoms with Crippen LogP contribution in [0.3, 0.4) is 0 Å². The van der Waals surface area contributed by atoms with Gasteiger partial charge < -0.3 is 9.64 Å². The molecule has 2 saturated heterocycles. The number of benzene rings is 2. The Morgan fingerprint density at radius 1 is 0.917 bits per heavy atom. The minimum Gasteiger partial charge on any atom is -0.383 e. The molecule has 3 amide bonds. The van der Waals surface area contributed by atoms with Crippen LogP contribution in [0.1, 0.15) is 29.8 Å². The number of methoxy groups -OCH3 is 1. The number of hydrogen-bond acceptors (Lipinski definition) is 6. The number of carbonyl (C=O) groups is 2. The smallest absolute Gasteiger partial charge is 0.327 e. The number of hydrogen-bond donors (Lipinski definition) is 0. The van der Waals surface area contributed by atoms with Gasteiger partial charge in [-0.1, -0.05) is 42.5 Å². The van der Waals surface area contributed by atoms with E-state index in [2.05, 4.69) is 4.90 Å². The van der Waals surface area contributed by atoms with Crippen LogP contribution in [0.4, 0.5) is 4.79 Å². The summed E-state index contributed by atoms with van der Waals surface area (Å²) in [4.78, 5) is 42.2. The molecule has 0 unspecified atom stereocenters. The zero-order chi connectivity index (χ0) is 25.1. The lowest BCUT2D eigenvalue weighted by Crippen LogP contribution is -2.57. The van der Waals surface area contributed by atoms with Crippen LogP contribution in [0.15, 0.2) is 54.6 Å². The molecule has 0 N–H and O–H groups in total. The molecule has 0 saturated carbocycles. The Balaban J connectivity index is 1.30.